The van der Waals surface area contributed by atoms with Crippen LogP contribution in [0.4, 0.5) is 0 Å². The SMILES string of the molecule is C=O.[H-].[H-].[Mg+2].[Ti]. The van der Waals surface area contributed by atoms with Gasteiger partial charge >= 0.3 is 23.1 Å². The van der Waals surface area contributed by atoms with Crippen LogP contribution in [0.25, 0.3) is 0 Å². The van der Waals surface area contributed by atoms with E-state index in [1.165, 1.54) is 0 Å². The Labute approximate surface area is 59.1 Å². The van der Waals surface area contributed by atoms with Gasteiger partial charge in [0.2, 0.25) is 0 Å². The van der Waals surface area contributed by atoms with E-state index in [9.17, 15) is 0 Å². The fraction of sp³-hybridized carbons (Fsp3) is 0. The van der Waals surface area contributed by atoms with Gasteiger partial charge in [-0.25, -0.2) is 0 Å². The van der Waals surface area contributed by atoms with E-state index in [1.807, 2.05) is 6.79 Å². The summed E-state index contributed by atoms with van der Waals surface area (Å²) in [6.45, 7) is 2.00. The summed E-state index contributed by atoms with van der Waals surface area (Å²) in [6.07, 6.45) is 0. The van der Waals surface area contributed by atoms with Gasteiger partial charge in [-0.1, -0.05) is 0 Å². The molecule has 0 aliphatic heterocycles. The van der Waals surface area contributed by atoms with Gasteiger partial charge in [-0.05, 0) is 0 Å². The van der Waals surface area contributed by atoms with Gasteiger partial charge in [0.05, 0.1) is 0 Å². The Hall–Kier alpha value is 1.15. The molecule has 0 aliphatic rings. The van der Waals surface area contributed by atoms with Crippen molar-refractivity contribution in [2.75, 3.05) is 0 Å². The monoisotopic (exact) mass is 104 g/mol. The molecule has 0 rings (SSSR count). The third-order valence-electron chi connectivity index (χ3n) is 0. The number of hydrogen-bond acceptors (Lipinski definition) is 1. The van der Waals surface area contributed by atoms with E-state index < -0.39 is 0 Å². The second-order valence-corrected chi connectivity index (χ2v) is 0. The number of carbonyl (C=O) groups excluding carboxylic acids is 1. The van der Waals surface area contributed by atoms with Crippen LogP contribution in [-0.4, -0.2) is 29.8 Å². The Balaban J connectivity index is -0.000000000833. The Morgan fingerprint density at radius 2 is 1.50 bits per heavy atom. The van der Waals surface area contributed by atoms with Crippen LogP contribution >= 0.6 is 0 Å². The molecule has 0 heterocycles. The summed E-state index contributed by atoms with van der Waals surface area (Å²) < 4.78 is 0. The summed E-state index contributed by atoms with van der Waals surface area (Å²) in [7, 11) is 0. The molecule has 0 saturated carbocycles. The molecule has 0 bridgehead atoms. The molecule has 0 spiro atoms. The molecule has 3 heteroatoms. The standard InChI is InChI=1S/CH2O.Mg.Ti.2H/c1-2;;;;/h1H2;;;;/q;+2;;2*-1. The maximum absolute atomic E-state index is 8.00. The van der Waals surface area contributed by atoms with Gasteiger partial charge in [0.15, 0.2) is 0 Å². The molecule has 20 valence electrons. The van der Waals surface area contributed by atoms with E-state index in [0.29, 0.717) is 0 Å². The molecule has 0 amide bonds. The van der Waals surface area contributed by atoms with Crippen LogP contribution in [-0.2, 0) is 26.5 Å². The third-order valence-corrected chi connectivity index (χ3v) is 0. The first-order valence-corrected chi connectivity index (χ1v) is 0.289. The second kappa shape index (κ2) is 31.1. The molecule has 0 radical (unpaired) electrons. The molecule has 0 aromatic heterocycles. The van der Waals surface area contributed by atoms with Crippen molar-refractivity contribution in [2.24, 2.45) is 0 Å². The third kappa shape index (κ3) is 11.0. The number of hydrogen-bond donors (Lipinski definition) is 0. The minimum absolute atomic E-state index is 0. The largest absolute Gasteiger partial charge is 2.00 e. The first-order chi connectivity index (χ1) is 1.00. The van der Waals surface area contributed by atoms with Crippen LogP contribution < -0.4 is 0 Å². The number of carbonyl (C=O) groups is 1. The van der Waals surface area contributed by atoms with Crippen LogP contribution in [0.2, 0.25) is 0 Å². The first-order valence-electron chi connectivity index (χ1n) is 0.289. The molecule has 0 N–H and O–H groups in total. The summed E-state index contributed by atoms with van der Waals surface area (Å²) in [4.78, 5) is 8.00. The maximum atomic E-state index is 8.00. The van der Waals surface area contributed by atoms with Crippen molar-refractivity contribution >= 4 is 29.8 Å². The summed E-state index contributed by atoms with van der Waals surface area (Å²) in [5.74, 6) is 0. The summed E-state index contributed by atoms with van der Waals surface area (Å²) in [6, 6.07) is 0. The molecule has 1 nitrogen and oxygen atoms in total. The molecular formula is CH4MgOTi. The predicted octanol–water partition coefficient (Wildman–Crippen LogP) is -0.343. The smallest absolute Gasteiger partial charge is 1.00 e. The zero-order valence-electron chi connectivity index (χ0n) is 4.32. The molecule has 0 unspecified atom stereocenters. The normalized spacial score (nSPS) is 1.00. The zero-order chi connectivity index (χ0) is 2.00. The minimum atomic E-state index is 0. The van der Waals surface area contributed by atoms with Crippen molar-refractivity contribution < 1.29 is 29.4 Å². The molecule has 0 atom stereocenters. The fourth-order valence-corrected chi connectivity index (χ4v) is 0. The molecule has 0 aromatic carbocycles. The maximum Gasteiger partial charge on any atom is 2.00 e. The van der Waals surface area contributed by atoms with E-state index in [-0.39, 0.29) is 47.6 Å². The van der Waals surface area contributed by atoms with Crippen molar-refractivity contribution in [3.8, 4) is 0 Å². The van der Waals surface area contributed by atoms with Gasteiger partial charge in [-0.3, -0.25) is 0 Å². The van der Waals surface area contributed by atoms with Gasteiger partial charge in [-0.2, -0.15) is 0 Å². The van der Waals surface area contributed by atoms with Gasteiger partial charge in [0, 0.05) is 21.7 Å². The van der Waals surface area contributed by atoms with Crippen LogP contribution in [0.5, 0.6) is 0 Å². The van der Waals surface area contributed by atoms with E-state index >= 15 is 0 Å². The summed E-state index contributed by atoms with van der Waals surface area (Å²) in [5, 5.41) is 0. The van der Waals surface area contributed by atoms with Crippen LogP contribution in [0.1, 0.15) is 2.85 Å². The van der Waals surface area contributed by atoms with Crippen LogP contribution in [0.15, 0.2) is 0 Å². The van der Waals surface area contributed by atoms with Gasteiger partial charge in [0.25, 0.3) is 0 Å². The molecule has 0 aromatic rings. The number of rotatable bonds is 0. The Kier molecular flexibility index (Phi) is 149. The molecule has 0 aliphatic carbocycles. The van der Waals surface area contributed by atoms with E-state index in [0.717, 1.165) is 0 Å². The Morgan fingerprint density at radius 1 is 1.50 bits per heavy atom. The van der Waals surface area contributed by atoms with Crippen molar-refractivity contribution in [3.05, 3.63) is 0 Å². The summed E-state index contributed by atoms with van der Waals surface area (Å²) >= 11 is 0. The van der Waals surface area contributed by atoms with Gasteiger partial charge in [0.1, 0.15) is 6.79 Å². The zero-order valence-corrected chi connectivity index (χ0v) is 5.30. The topological polar surface area (TPSA) is 17.1 Å². The van der Waals surface area contributed by atoms with E-state index in [1.54, 1.807) is 0 Å². The van der Waals surface area contributed by atoms with Crippen LogP contribution in [0, 0.1) is 0 Å². The van der Waals surface area contributed by atoms with Crippen molar-refractivity contribution in [2.45, 2.75) is 0 Å². The summed E-state index contributed by atoms with van der Waals surface area (Å²) in [5.41, 5.74) is 0. The van der Waals surface area contributed by atoms with Gasteiger partial charge in [-0.15, -0.1) is 0 Å². The van der Waals surface area contributed by atoms with Gasteiger partial charge < -0.3 is 7.65 Å². The quantitative estimate of drug-likeness (QED) is 0.384. The fourth-order valence-electron chi connectivity index (χ4n) is 0. The molecule has 0 fully saturated rings. The molecule has 0 saturated heterocycles. The predicted molar refractivity (Wildman–Crippen MR) is 15.1 cm³/mol. The Morgan fingerprint density at radius 3 is 1.50 bits per heavy atom. The first kappa shape index (κ1) is 19.2. The van der Waals surface area contributed by atoms with E-state index in [2.05, 4.69) is 0 Å². The minimum Gasteiger partial charge on any atom is -1.00 e. The molecule has 4 heavy (non-hydrogen) atoms. The average Bonchev–Trinajstić information content (AvgIpc) is 1.00. The van der Waals surface area contributed by atoms with Crippen molar-refractivity contribution in [1.29, 1.82) is 0 Å². The van der Waals surface area contributed by atoms with Crippen molar-refractivity contribution in [1.82, 2.24) is 0 Å². The molecular weight excluding hydrogens is 100 g/mol. The van der Waals surface area contributed by atoms with E-state index in [4.69, 9.17) is 4.79 Å². The van der Waals surface area contributed by atoms with Crippen LogP contribution in [0.3, 0.4) is 0 Å². The van der Waals surface area contributed by atoms with Crippen molar-refractivity contribution in [3.63, 3.8) is 0 Å². The Bertz CT molecular complexity index is 13.5. The second-order valence-electron chi connectivity index (χ2n) is 0. The average molecular weight is 104 g/mol.